The average Bonchev–Trinajstić information content (AvgIpc) is 3.17. The van der Waals surface area contributed by atoms with Crippen molar-refractivity contribution in [1.82, 2.24) is 19.7 Å². The molecule has 0 atom stereocenters. The molecule has 138 valence electrons. The van der Waals surface area contributed by atoms with Gasteiger partial charge in [-0.05, 0) is 38.0 Å². The molecule has 27 heavy (non-hydrogen) atoms. The zero-order valence-corrected chi connectivity index (χ0v) is 15.5. The fourth-order valence-electron chi connectivity index (χ4n) is 3.82. The fraction of sp³-hybridized carbons (Fsp3) is 0.400. The molecular weight excluding hydrogens is 342 g/mol. The Morgan fingerprint density at radius 3 is 2.78 bits per heavy atom. The van der Waals surface area contributed by atoms with Gasteiger partial charge in [0.25, 0.3) is 5.56 Å². The highest BCUT2D eigenvalue weighted by atomic mass is 16.5. The Morgan fingerprint density at radius 1 is 1.30 bits per heavy atom. The number of methoxy groups -OCH3 is 1. The number of hydrogen-bond donors (Lipinski definition) is 1. The number of hydrogen-bond acceptors (Lipinski definition) is 5. The molecule has 0 bridgehead atoms. The van der Waals surface area contributed by atoms with Gasteiger partial charge in [0.05, 0.1) is 36.0 Å². The highest BCUT2D eigenvalue weighted by molar-refractivity contribution is 5.81. The van der Waals surface area contributed by atoms with E-state index in [-0.39, 0.29) is 11.6 Å². The van der Waals surface area contributed by atoms with Crippen molar-refractivity contribution in [3.63, 3.8) is 0 Å². The molecule has 7 heteroatoms. The first kappa shape index (κ1) is 17.3. The summed E-state index contributed by atoms with van der Waals surface area (Å²) in [4.78, 5) is 20.8. The van der Waals surface area contributed by atoms with E-state index in [1.54, 1.807) is 30.0 Å². The molecule has 4 rings (SSSR count). The van der Waals surface area contributed by atoms with Crippen LogP contribution >= 0.6 is 0 Å². The maximum absolute atomic E-state index is 13.0. The summed E-state index contributed by atoms with van der Waals surface area (Å²) in [6.07, 6.45) is 5.46. The highest BCUT2D eigenvalue weighted by Crippen LogP contribution is 2.31. The van der Waals surface area contributed by atoms with E-state index in [1.807, 2.05) is 6.92 Å². The monoisotopic (exact) mass is 363 g/mol. The molecule has 7 nitrogen and oxygen atoms in total. The zero-order chi connectivity index (χ0) is 19.0. The predicted octanol–water partition coefficient (Wildman–Crippen LogP) is 3.48. The summed E-state index contributed by atoms with van der Waals surface area (Å²) in [6, 6.07) is 7.39. The molecule has 3 aromatic rings. The number of nitrogens with zero attached hydrogens (tertiary/aromatic N) is 4. The maximum Gasteiger partial charge on any atom is 0.293 e. The minimum absolute atomic E-state index is 0.131. The van der Waals surface area contributed by atoms with E-state index in [2.05, 4.69) is 21.1 Å². The summed E-state index contributed by atoms with van der Waals surface area (Å²) in [5.74, 6) is 1.07. The minimum atomic E-state index is -0.131. The molecule has 0 aliphatic heterocycles. The standard InChI is InChI=1S/C20H21N5O2/c1-12-17-18(20(26)25(24-12)14-6-4-3-5-7-14)23-19(22-17)15-9-8-13(11-21)10-16(15)27-2/h8-10,14H,3-7H2,1-2H3,(H,22,23). The third-order valence-electron chi connectivity index (χ3n) is 5.23. The van der Waals surface area contributed by atoms with Gasteiger partial charge in [-0.2, -0.15) is 10.4 Å². The van der Waals surface area contributed by atoms with E-state index in [0.717, 1.165) is 31.4 Å². The van der Waals surface area contributed by atoms with Crippen LogP contribution in [0.3, 0.4) is 0 Å². The van der Waals surface area contributed by atoms with E-state index < -0.39 is 0 Å². The number of aromatic amines is 1. The maximum atomic E-state index is 13.0. The lowest BCUT2D eigenvalue weighted by Gasteiger charge is -2.22. The molecule has 1 fully saturated rings. The average molecular weight is 363 g/mol. The quantitative estimate of drug-likeness (QED) is 0.768. The van der Waals surface area contributed by atoms with Crippen LogP contribution in [0.25, 0.3) is 22.4 Å². The number of nitrogens with one attached hydrogen (secondary N) is 1. The highest BCUT2D eigenvalue weighted by Gasteiger charge is 2.22. The molecule has 1 aromatic carbocycles. The Bertz CT molecular complexity index is 1100. The first-order valence-corrected chi connectivity index (χ1v) is 9.20. The van der Waals surface area contributed by atoms with Crippen molar-refractivity contribution in [1.29, 1.82) is 5.26 Å². The number of aryl methyl sites for hydroxylation is 1. The lowest BCUT2D eigenvalue weighted by atomic mass is 9.95. The number of H-pyrrole nitrogens is 1. The summed E-state index contributed by atoms with van der Waals surface area (Å²) >= 11 is 0. The van der Waals surface area contributed by atoms with Gasteiger partial charge in [-0.1, -0.05) is 19.3 Å². The number of fused-ring (bicyclic) bond motifs is 1. The third-order valence-corrected chi connectivity index (χ3v) is 5.23. The molecule has 0 radical (unpaired) electrons. The van der Waals surface area contributed by atoms with E-state index in [1.165, 1.54) is 6.42 Å². The van der Waals surface area contributed by atoms with Crippen molar-refractivity contribution in [3.05, 3.63) is 39.8 Å². The number of aromatic nitrogens is 4. The number of rotatable bonds is 3. The molecule has 0 spiro atoms. The van der Waals surface area contributed by atoms with E-state index in [4.69, 9.17) is 10.00 Å². The summed E-state index contributed by atoms with van der Waals surface area (Å²) < 4.78 is 7.04. The molecule has 0 saturated heterocycles. The molecule has 1 aliphatic rings. The Labute approximate surface area is 156 Å². The summed E-state index contributed by atoms with van der Waals surface area (Å²) in [5, 5.41) is 13.6. The van der Waals surface area contributed by atoms with Crippen LogP contribution in [-0.2, 0) is 0 Å². The molecule has 2 aromatic heterocycles. The van der Waals surface area contributed by atoms with Crippen LogP contribution in [0.1, 0.15) is 49.4 Å². The Balaban J connectivity index is 1.86. The second-order valence-electron chi connectivity index (χ2n) is 6.96. The van der Waals surface area contributed by atoms with E-state index in [9.17, 15) is 4.79 Å². The topological polar surface area (TPSA) is 96.6 Å². The Morgan fingerprint density at radius 2 is 2.07 bits per heavy atom. The van der Waals surface area contributed by atoms with E-state index in [0.29, 0.717) is 33.7 Å². The lowest BCUT2D eigenvalue weighted by molar-refractivity contribution is 0.318. The molecule has 1 saturated carbocycles. The van der Waals surface area contributed by atoms with Gasteiger partial charge in [-0.3, -0.25) is 4.79 Å². The summed E-state index contributed by atoms with van der Waals surface area (Å²) in [7, 11) is 1.55. The SMILES string of the molecule is COc1cc(C#N)ccc1-c1nc2c(C)nn(C3CCCCC3)c(=O)c2[nH]1. The van der Waals surface area contributed by atoms with Gasteiger partial charge in [0.1, 0.15) is 22.6 Å². The van der Waals surface area contributed by atoms with Crippen molar-refractivity contribution < 1.29 is 4.74 Å². The molecule has 0 unspecified atom stereocenters. The predicted molar refractivity (Wildman–Crippen MR) is 102 cm³/mol. The first-order valence-electron chi connectivity index (χ1n) is 9.20. The second-order valence-corrected chi connectivity index (χ2v) is 6.96. The first-order chi connectivity index (χ1) is 13.1. The molecule has 1 N–H and O–H groups in total. The Kier molecular flexibility index (Phi) is 4.40. The van der Waals surface area contributed by atoms with Gasteiger partial charge < -0.3 is 9.72 Å². The van der Waals surface area contributed by atoms with Crippen LogP contribution in [0.2, 0.25) is 0 Å². The van der Waals surface area contributed by atoms with Gasteiger partial charge in [0, 0.05) is 0 Å². The van der Waals surface area contributed by atoms with Crippen LogP contribution in [0.15, 0.2) is 23.0 Å². The second kappa shape index (κ2) is 6.88. The summed E-state index contributed by atoms with van der Waals surface area (Å²) in [5.41, 5.74) is 2.85. The Hall–Kier alpha value is -3.14. The van der Waals surface area contributed by atoms with Crippen LogP contribution in [0.4, 0.5) is 0 Å². The molecule has 2 heterocycles. The van der Waals surface area contributed by atoms with Gasteiger partial charge in [-0.25, -0.2) is 9.67 Å². The molecule has 1 aliphatic carbocycles. The normalized spacial score (nSPS) is 15.0. The number of ether oxygens (including phenoxy) is 1. The van der Waals surface area contributed by atoms with Crippen molar-refractivity contribution in [3.8, 4) is 23.2 Å². The van der Waals surface area contributed by atoms with E-state index >= 15 is 0 Å². The largest absolute Gasteiger partial charge is 0.496 e. The lowest BCUT2D eigenvalue weighted by Crippen LogP contribution is -2.29. The minimum Gasteiger partial charge on any atom is -0.496 e. The smallest absolute Gasteiger partial charge is 0.293 e. The van der Waals surface area contributed by atoms with Crippen LogP contribution in [0, 0.1) is 18.3 Å². The van der Waals surface area contributed by atoms with Crippen molar-refractivity contribution >= 4 is 11.0 Å². The van der Waals surface area contributed by atoms with Gasteiger partial charge in [0.15, 0.2) is 0 Å². The van der Waals surface area contributed by atoms with Gasteiger partial charge >= 0.3 is 0 Å². The number of imidazole rings is 1. The molecular formula is C20H21N5O2. The van der Waals surface area contributed by atoms with Crippen molar-refractivity contribution in [2.45, 2.75) is 45.1 Å². The number of benzene rings is 1. The zero-order valence-electron chi connectivity index (χ0n) is 15.5. The third kappa shape index (κ3) is 2.97. The van der Waals surface area contributed by atoms with Gasteiger partial charge in [-0.15, -0.1) is 0 Å². The van der Waals surface area contributed by atoms with Crippen LogP contribution < -0.4 is 10.3 Å². The van der Waals surface area contributed by atoms with Gasteiger partial charge in [0.2, 0.25) is 0 Å². The summed E-state index contributed by atoms with van der Waals surface area (Å²) in [6.45, 7) is 1.88. The number of nitriles is 1. The molecule has 0 amide bonds. The van der Waals surface area contributed by atoms with Crippen molar-refractivity contribution in [2.75, 3.05) is 7.11 Å². The fourth-order valence-corrected chi connectivity index (χ4v) is 3.82. The van der Waals surface area contributed by atoms with Crippen molar-refractivity contribution in [2.24, 2.45) is 0 Å². The van der Waals surface area contributed by atoms with Crippen LogP contribution in [-0.4, -0.2) is 26.9 Å². The van der Waals surface area contributed by atoms with Crippen LogP contribution in [0.5, 0.6) is 5.75 Å².